The molecule has 0 aliphatic rings. The monoisotopic (exact) mass is 384 g/mol. The van der Waals surface area contributed by atoms with Gasteiger partial charge < -0.3 is 19.7 Å². The second-order valence-electron chi connectivity index (χ2n) is 5.93. The third-order valence-corrected chi connectivity index (χ3v) is 3.58. The maximum Gasteiger partial charge on any atom is 0.344 e. The van der Waals surface area contributed by atoms with Crippen molar-refractivity contribution in [3.8, 4) is 5.75 Å². The predicted molar refractivity (Wildman–Crippen MR) is 101 cm³/mol. The van der Waals surface area contributed by atoms with E-state index in [9.17, 15) is 19.2 Å². The quantitative estimate of drug-likeness (QED) is 0.550. The number of amides is 2. The van der Waals surface area contributed by atoms with Gasteiger partial charge in [-0.15, -0.1) is 0 Å². The van der Waals surface area contributed by atoms with E-state index in [1.165, 1.54) is 4.90 Å². The summed E-state index contributed by atoms with van der Waals surface area (Å²) in [7, 11) is 3.29. The number of esters is 1. The molecule has 146 valence electrons. The number of carbonyl (C=O) groups is 4. The zero-order valence-electron chi connectivity index (χ0n) is 15.5. The summed E-state index contributed by atoms with van der Waals surface area (Å²) in [4.78, 5) is 47.7. The predicted octanol–water partition coefficient (Wildman–Crippen LogP) is 1.76. The van der Waals surface area contributed by atoms with Crippen molar-refractivity contribution >= 4 is 29.8 Å². The average Bonchev–Trinajstić information content (AvgIpc) is 2.70. The number of nitrogens with zero attached hydrogens (tertiary/aromatic N) is 1. The van der Waals surface area contributed by atoms with Gasteiger partial charge in [-0.1, -0.05) is 12.1 Å². The maximum absolute atomic E-state index is 11.9. The third-order valence-electron chi connectivity index (χ3n) is 3.58. The van der Waals surface area contributed by atoms with Crippen LogP contribution in [0.15, 0.2) is 48.5 Å². The summed E-state index contributed by atoms with van der Waals surface area (Å²) < 4.78 is 10.1. The molecular weight excluding hydrogens is 364 g/mol. The molecule has 2 aromatic carbocycles. The van der Waals surface area contributed by atoms with E-state index in [0.29, 0.717) is 23.1 Å². The highest BCUT2D eigenvalue weighted by molar-refractivity contribution is 5.96. The van der Waals surface area contributed by atoms with Gasteiger partial charge in [0, 0.05) is 25.3 Å². The van der Waals surface area contributed by atoms with Crippen LogP contribution in [0.4, 0.5) is 5.69 Å². The van der Waals surface area contributed by atoms with Gasteiger partial charge in [0.15, 0.2) is 19.5 Å². The number of anilines is 1. The van der Waals surface area contributed by atoms with Gasteiger partial charge in [0.25, 0.3) is 11.8 Å². The lowest BCUT2D eigenvalue weighted by atomic mass is 10.2. The Labute approximate surface area is 162 Å². The Morgan fingerprint density at radius 1 is 1.00 bits per heavy atom. The Kier molecular flexibility index (Phi) is 7.27. The topological polar surface area (TPSA) is 102 Å². The van der Waals surface area contributed by atoms with Gasteiger partial charge in [0.05, 0.1) is 5.56 Å². The molecule has 1 N–H and O–H groups in total. The first-order valence-corrected chi connectivity index (χ1v) is 8.35. The number of ether oxygens (including phenoxy) is 2. The fourth-order valence-electron chi connectivity index (χ4n) is 2.19. The number of nitrogens with one attached hydrogen (secondary N) is 1. The van der Waals surface area contributed by atoms with Crippen LogP contribution in [0.5, 0.6) is 5.75 Å². The van der Waals surface area contributed by atoms with Gasteiger partial charge in [-0.2, -0.15) is 0 Å². The molecule has 0 unspecified atom stereocenters. The summed E-state index contributed by atoms with van der Waals surface area (Å²) in [5.41, 5.74) is 1.26. The number of aldehydes is 1. The van der Waals surface area contributed by atoms with Crippen LogP contribution < -0.4 is 10.1 Å². The van der Waals surface area contributed by atoms with Gasteiger partial charge in [0.1, 0.15) is 5.75 Å². The first kappa shape index (κ1) is 20.6. The van der Waals surface area contributed by atoms with E-state index in [-0.39, 0.29) is 11.7 Å². The first-order valence-electron chi connectivity index (χ1n) is 8.35. The van der Waals surface area contributed by atoms with Crippen molar-refractivity contribution in [1.82, 2.24) is 4.90 Å². The van der Waals surface area contributed by atoms with E-state index in [4.69, 9.17) is 9.47 Å². The lowest BCUT2D eigenvalue weighted by molar-refractivity contribution is -0.149. The maximum atomic E-state index is 11.9. The Balaban J connectivity index is 1.78. The minimum atomic E-state index is -0.747. The van der Waals surface area contributed by atoms with Crippen LogP contribution >= 0.6 is 0 Å². The summed E-state index contributed by atoms with van der Waals surface area (Å²) >= 11 is 0. The summed E-state index contributed by atoms with van der Waals surface area (Å²) in [5.74, 6) is -1.18. The molecule has 0 spiro atoms. The zero-order valence-corrected chi connectivity index (χ0v) is 15.5. The SMILES string of the molecule is CN(C)C(=O)c1ccc(NC(=O)COC(=O)COc2ccccc2C=O)cc1. The van der Waals surface area contributed by atoms with E-state index in [1.807, 2.05) is 0 Å². The molecule has 0 aliphatic heterocycles. The molecule has 0 saturated heterocycles. The second-order valence-corrected chi connectivity index (χ2v) is 5.93. The molecule has 0 fully saturated rings. The summed E-state index contributed by atoms with van der Waals surface area (Å²) in [6, 6.07) is 12.8. The van der Waals surface area contributed by atoms with E-state index in [1.54, 1.807) is 62.6 Å². The van der Waals surface area contributed by atoms with Gasteiger partial charge in [0.2, 0.25) is 0 Å². The van der Waals surface area contributed by atoms with Gasteiger partial charge >= 0.3 is 5.97 Å². The number of rotatable bonds is 8. The number of hydrogen-bond acceptors (Lipinski definition) is 6. The number of para-hydroxylation sites is 1. The lowest BCUT2D eigenvalue weighted by Crippen LogP contribution is -2.24. The fraction of sp³-hybridized carbons (Fsp3) is 0.200. The van der Waals surface area contributed by atoms with Crippen molar-refractivity contribution in [3.05, 3.63) is 59.7 Å². The standard InChI is InChI=1S/C20H20N2O6/c1-22(2)20(26)14-7-9-16(10-8-14)21-18(24)12-28-19(25)13-27-17-6-4-3-5-15(17)11-23/h3-11H,12-13H2,1-2H3,(H,21,24). The van der Waals surface area contributed by atoms with Crippen molar-refractivity contribution in [3.63, 3.8) is 0 Å². The van der Waals surface area contributed by atoms with Crippen molar-refractivity contribution < 1.29 is 28.7 Å². The Morgan fingerprint density at radius 3 is 2.32 bits per heavy atom. The van der Waals surface area contributed by atoms with E-state index >= 15 is 0 Å². The highest BCUT2D eigenvalue weighted by Gasteiger charge is 2.11. The van der Waals surface area contributed by atoms with Crippen LogP contribution in [0.25, 0.3) is 0 Å². The lowest BCUT2D eigenvalue weighted by Gasteiger charge is -2.11. The van der Waals surface area contributed by atoms with E-state index in [0.717, 1.165) is 0 Å². The molecule has 0 bridgehead atoms. The summed E-state index contributed by atoms with van der Waals surface area (Å²) in [6.07, 6.45) is 0.617. The molecule has 0 saturated carbocycles. The van der Waals surface area contributed by atoms with Crippen molar-refractivity contribution in [2.75, 3.05) is 32.6 Å². The molecule has 2 rings (SSSR count). The van der Waals surface area contributed by atoms with Crippen molar-refractivity contribution in [2.45, 2.75) is 0 Å². The molecule has 8 heteroatoms. The fourth-order valence-corrected chi connectivity index (χ4v) is 2.19. The zero-order chi connectivity index (χ0) is 20.5. The first-order chi connectivity index (χ1) is 13.4. The van der Waals surface area contributed by atoms with Crippen molar-refractivity contribution in [2.24, 2.45) is 0 Å². The van der Waals surface area contributed by atoms with Gasteiger partial charge in [-0.25, -0.2) is 4.79 Å². The van der Waals surface area contributed by atoms with E-state index in [2.05, 4.69) is 5.32 Å². The molecule has 0 radical (unpaired) electrons. The molecule has 28 heavy (non-hydrogen) atoms. The third kappa shape index (κ3) is 5.94. The van der Waals surface area contributed by atoms with Gasteiger partial charge in [-0.05, 0) is 36.4 Å². The Bertz CT molecular complexity index is 861. The normalized spacial score (nSPS) is 9.93. The van der Waals surface area contributed by atoms with Crippen LogP contribution in [0.2, 0.25) is 0 Å². The molecule has 2 amide bonds. The molecule has 0 aromatic heterocycles. The minimum absolute atomic E-state index is 0.150. The largest absolute Gasteiger partial charge is 0.481 e. The van der Waals surface area contributed by atoms with E-state index < -0.39 is 25.1 Å². The number of carbonyl (C=O) groups excluding carboxylic acids is 4. The van der Waals surface area contributed by atoms with Gasteiger partial charge in [-0.3, -0.25) is 14.4 Å². The van der Waals surface area contributed by atoms with Crippen LogP contribution in [0.3, 0.4) is 0 Å². The summed E-state index contributed by atoms with van der Waals surface area (Å²) in [6.45, 7) is -0.921. The molecule has 8 nitrogen and oxygen atoms in total. The highest BCUT2D eigenvalue weighted by atomic mass is 16.6. The number of benzene rings is 2. The molecule has 2 aromatic rings. The van der Waals surface area contributed by atoms with Crippen molar-refractivity contribution in [1.29, 1.82) is 0 Å². The molecule has 0 aliphatic carbocycles. The summed E-state index contributed by atoms with van der Waals surface area (Å²) in [5, 5.41) is 2.56. The minimum Gasteiger partial charge on any atom is -0.481 e. The number of hydrogen-bond donors (Lipinski definition) is 1. The molecule has 0 atom stereocenters. The average molecular weight is 384 g/mol. The Hall–Kier alpha value is -3.68. The smallest absolute Gasteiger partial charge is 0.344 e. The van der Waals surface area contributed by atoms with Crippen LogP contribution in [0, 0.1) is 0 Å². The molecule has 0 heterocycles. The second kappa shape index (κ2) is 9.86. The van der Waals surface area contributed by atoms with Crippen LogP contribution in [-0.4, -0.2) is 56.3 Å². The van der Waals surface area contributed by atoms with Crippen LogP contribution in [-0.2, 0) is 14.3 Å². The Morgan fingerprint density at radius 2 is 1.68 bits per heavy atom. The molecular formula is C20H20N2O6. The van der Waals surface area contributed by atoms with Crippen LogP contribution in [0.1, 0.15) is 20.7 Å². The highest BCUT2D eigenvalue weighted by Crippen LogP contribution is 2.15.